The molecule has 2 N–H and O–H groups in total. The second-order valence-electron chi connectivity index (χ2n) is 6.84. The molecule has 3 aromatic rings. The molecule has 0 fully saturated rings. The molecule has 5 nitrogen and oxygen atoms in total. The van der Waals surface area contributed by atoms with Gasteiger partial charge in [0.2, 0.25) is 0 Å². The zero-order valence-electron chi connectivity index (χ0n) is 16.1. The van der Waals surface area contributed by atoms with Crippen molar-refractivity contribution in [2.24, 2.45) is 10.7 Å². The van der Waals surface area contributed by atoms with Crippen molar-refractivity contribution in [1.82, 2.24) is 4.90 Å². The van der Waals surface area contributed by atoms with Gasteiger partial charge in [-0.25, -0.2) is 9.38 Å². The Morgan fingerprint density at radius 3 is 2.41 bits per heavy atom. The van der Waals surface area contributed by atoms with Gasteiger partial charge in [-0.1, -0.05) is 48.5 Å². The van der Waals surface area contributed by atoms with Crippen LogP contribution in [0.4, 0.5) is 4.39 Å². The maximum Gasteiger partial charge on any atom is 0.266 e. The third kappa shape index (κ3) is 2.93. The number of nitrogens with two attached hydrogens (primary N) is 1. The number of guanidine groups is 1. The number of hydrogen-bond acceptors (Lipinski definition) is 4. The van der Waals surface area contributed by atoms with Crippen LogP contribution in [0.1, 0.15) is 11.1 Å². The van der Waals surface area contributed by atoms with Gasteiger partial charge in [-0.3, -0.25) is 9.69 Å². The number of amides is 1. The number of carbonyl (C=O) groups is 1. The van der Waals surface area contributed by atoms with E-state index in [0.717, 1.165) is 0 Å². The summed E-state index contributed by atoms with van der Waals surface area (Å²) in [6.07, 6.45) is 0. The van der Waals surface area contributed by atoms with Crippen LogP contribution in [-0.4, -0.2) is 30.9 Å². The Morgan fingerprint density at radius 1 is 1.00 bits per heavy atom. The van der Waals surface area contributed by atoms with Crippen molar-refractivity contribution >= 4 is 11.9 Å². The largest absolute Gasteiger partial charge is 0.497 e. The molecule has 0 unspecified atom stereocenters. The van der Waals surface area contributed by atoms with Crippen LogP contribution in [0.15, 0.2) is 77.8 Å². The van der Waals surface area contributed by atoms with Crippen molar-refractivity contribution in [3.8, 4) is 16.9 Å². The lowest BCUT2D eigenvalue weighted by molar-refractivity contribution is -0.129. The Morgan fingerprint density at radius 2 is 1.76 bits per heavy atom. The molecule has 1 aliphatic heterocycles. The molecule has 0 spiro atoms. The van der Waals surface area contributed by atoms with E-state index in [0.29, 0.717) is 28.0 Å². The molecule has 3 aromatic carbocycles. The molecule has 0 bridgehead atoms. The van der Waals surface area contributed by atoms with E-state index in [1.807, 2.05) is 30.3 Å². The molecule has 1 aliphatic rings. The van der Waals surface area contributed by atoms with Crippen LogP contribution in [-0.2, 0) is 10.3 Å². The first-order valence-corrected chi connectivity index (χ1v) is 9.11. The Labute approximate surface area is 168 Å². The highest BCUT2D eigenvalue weighted by Gasteiger charge is 2.49. The lowest BCUT2D eigenvalue weighted by Gasteiger charge is -2.26. The van der Waals surface area contributed by atoms with E-state index in [1.165, 1.54) is 11.0 Å². The third-order valence-corrected chi connectivity index (χ3v) is 5.20. The number of hydrogen-bond donors (Lipinski definition) is 1. The number of likely N-dealkylation sites (N-methyl/N-ethyl adjacent to an activating group) is 1. The SMILES string of the molecule is COc1cccc(-c2cc([C@@]3(c4ccccc4)N=C(N)N(C)C3=O)ccc2F)c1. The lowest BCUT2D eigenvalue weighted by atomic mass is 9.81. The van der Waals surface area contributed by atoms with Gasteiger partial charge in [-0.15, -0.1) is 0 Å². The Bertz CT molecular complexity index is 1110. The van der Waals surface area contributed by atoms with E-state index in [2.05, 4.69) is 4.99 Å². The number of methoxy groups -OCH3 is 1. The molecule has 1 heterocycles. The first kappa shape index (κ1) is 18.7. The highest BCUT2D eigenvalue weighted by Crippen LogP contribution is 2.41. The molecule has 1 amide bonds. The average molecular weight is 389 g/mol. The van der Waals surface area contributed by atoms with E-state index in [4.69, 9.17) is 10.5 Å². The van der Waals surface area contributed by atoms with Crippen LogP contribution in [0.25, 0.3) is 11.1 Å². The maximum atomic E-state index is 14.8. The van der Waals surface area contributed by atoms with Crippen LogP contribution < -0.4 is 10.5 Å². The highest BCUT2D eigenvalue weighted by molar-refractivity contribution is 6.09. The molecule has 29 heavy (non-hydrogen) atoms. The average Bonchev–Trinajstić information content (AvgIpc) is 2.99. The van der Waals surface area contributed by atoms with Gasteiger partial charge < -0.3 is 10.5 Å². The fourth-order valence-corrected chi connectivity index (χ4v) is 3.63. The third-order valence-electron chi connectivity index (χ3n) is 5.20. The Kier molecular flexibility index (Phi) is 4.54. The second-order valence-corrected chi connectivity index (χ2v) is 6.84. The molecule has 0 saturated heterocycles. The van der Waals surface area contributed by atoms with Gasteiger partial charge in [-0.05, 0) is 41.0 Å². The number of ether oxygens (including phenoxy) is 1. The van der Waals surface area contributed by atoms with Gasteiger partial charge in [0.1, 0.15) is 11.6 Å². The molecular weight excluding hydrogens is 369 g/mol. The number of aliphatic imine (C=N–C) groups is 1. The monoisotopic (exact) mass is 389 g/mol. The molecule has 146 valence electrons. The molecule has 0 saturated carbocycles. The number of rotatable bonds is 4. The molecule has 0 aliphatic carbocycles. The summed E-state index contributed by atoms with van der Waals surface area (Å²) >= 11 is 0. The fraction of sp³-hybridized carbons (Fsp3) is 0.130. The topological polar surface area (TPSA) is 67.9 Å². The Balaban J connectivity index is 1.95. The summed E-state index contributed by atoms with van der Waals surface area (Å²) in [4.78, 5) is 19.2. The second kappa shape index (κ2) is 7.05. The van der Waals surface area contributed by atoms with Crippen LogP contribution in [0.3, 0.4) is 0 Å². The Hall–Kier alpha value is -3.67. The molecule has 0 aromatic heterocycles. The van der Waals surface area contributed by atoms with Gasteiger partial charge in [0.25, 0.3) is 5.91 Å². The predicted octanol–water partition coefficient (Wildman–Crippen LogP) is 3.53. The summed E-state index contributed by atoms with van der Waals surface area (Å²) in [5.41, 5.74) is 6.85. The maximum absolute atomic E-state index is 14.8. The zero-order valence-corrected chi connectivity index (χ0v) is 16.1. The van der Waals surface area contributed by atoms with Crippen molar-refractivity contribution in [3.63, 3.8) is 0 Å². The van der Waals surface area contributed by atoms with Crippen LogP contribution >= 0.6 is 0 Å². The number of halogens is 1. The van der Waals surface area contributed by atoms with E-state index in [9.17, 15) is 9.18 Å². The molecule has 4 rings (SSSR count). The fourth-order valence-electron chi connectivity index (χ4n) is 3.63. The van der Waals surface area contributed by atoms with Crippen molar-refractivity contribution < 1.29 is 13.9 Å². The summed E-state index contributed by atoms with van der Waals surface area (Å²) in [7, 11) is 3.14. The standard InChI is InChI=1S/C23H20FN3O2/c1-27-21(28)23(26-22(27)25,16-8-4-3-5-9-16)17-11-12-20(24)19(14-17)15-7-6-10-18(13-15)29-2/h3-14H,1-2H3,(H2,25,26)/t23-/m1/s1. The van der Waals surface area contributed by atoms with Crippen molar-refractivity contribution in [3.05, 3.63) is 89.7 Å². The summed E-state index contributed by atoms with van der Waals surface area (Å²) < 4.78 is 20.0. The minimum absolute atomic E-state index is 0.117. The summed E-state index contributed by atoms with van der Waals surface area (Å²) in [5, 5.41) is 0. The van der Waals surface area contributed by atoms with Gasteiger partial charge in [-0.2, -0.15) is 0 Å². The van der Waals surface area contributed by atoms with Crippen LogP contribution in [0.2, 0.25) is 0 Å². The van der Waals surface area contributed by atoms with Gasteiger partial charge in [0.15, 0.2) is 11.5 Å². The van der Waals surface area contributed by atoms with Gasteiger partial charge in [0.05, 0.1) is 7.11 Å². The van der Waals surface area contributed by atoms with Crippen molar-refractivity contribution in [2.75, 3.05) is 14.2 Å². The predicted molar refractivity (Wildman–Crippen MR) is 110 cm³/mol. The minimum atomic E-state index is -1.36. The molecule has 6 heteroatoms. The molecule has 0 radical (unpaired) electrons. The molecular formula is C23H20FN3O2. The van der Waals surface area contributed by atoms with Crippen LogP contribution in [0.5, 0.6) is 5.75 Å². The van der Waals surface area contributed by atoms with E-state index >= 15 is 0 Å². The number of carbonyl (C=O) groups excluding carboxylic acids is 1. The summed E-state index contributed by atoms with van der Waals surface area (Å²) in [6, 6.07) is 20.9. The van der Waals surface area contributed by atoms with E-state index < -0.39 is 11.4 Å². The number of nitrogens with zero attached hydrogens (tertiary/aromatic N) is 2. The van der Waals surface area contributed by atoms with Gasteiger partial charge in [0, 0.05) is 12.6 Å². The van der Waals surface area contributed by atoms with Crippen molar-refractivity contribution in [2.45, 2.75) is 5.54 Å². The lowest BCUT2D eigenvalue weighted by Crippen LogP contribution is -2.41. The number of benzene rings is 3. The zero-order chi connectivity index (χ0) is 20.6. The first-order valence-electron chi connectivity index (χ1n) is 9.11. The quantitative estimate of drug-likeness (QED) is 0.742. The smallest absolute Gasteiger partial charge is 0.266 e. The van der Waals surface area contributed by atoms with Crippen LogP contribution in [0, 0.1) is 5.82 Å². The minimum Gasteiger partial charge on any atom is -0.497 e. The van der Waals surface area contributed by atoms with Crippen molar-refractivity contribution in [1.29, 1.82) is 0 Å². The highest BCUT2D eigenvalue weighted by atomic mass is 19.1. The normalized spacial score (nSPS) is 18.7. The summed E-state index contributed by atoms with van der Waals surface area (Å²) in [6.45, 7) is 0. The first-order chi connectivity index (χ1) is 14.0. The van der Waals surface area contributed by atoms with E-state index in [-0.39, 0.29) is 11.9 Å². The summed E-state index contributed by atoms with van der Waals surface area (Å²) in [5.74, 6) is 0.0421. The van der Waals surface area contributed by atoms with E-state index in [1.54, 1.807) is 50.6 Å². The molecule has 1 atom stereocenters. The van der Waals surface area contributed by atoms with Gasteiger partial charge >= 0.3 is 0 Å².